The summed E-state index contributed by atoms with van der Waals surface area (Å²) in [6, 6.07) is 6.19. The maximum Gasteiger partial charge on any atom is 0.245 e. The molecule has 0 atom stereocenters. The summed E-state index contributed by atoms with van der Waals surface area (Å²) in [5, 5.41) is 0. The Labute approximate surface area is 177 Å². The van der Waals surface area contributed by atoms with E-state index >= 15 is 0 Å². The summed E-state index contributed by atoms with van der Waals surface area (Å²) in [4.78, 5) is 5.28. The van der Waals surface area contributed by atoms with Crippen molar-refractivity contribution in [2.75, 3.05) is 44.2 Å². The van der Waals surface area contributed by atoms with Crippen LogP contribution >= 0.6 is 15.9 Å². The largest absolute Gasteiger partial charge is 0.370 e. The molecule has 3 aliphatic heterocycles. The van der Waals surface area contributed by atoms with E-state index in [2.05, 4.69) is 39.6 Å². The second-order valence-corrected chi connectivity index (χ2v) is 12.1. The lowest BCUT2D eigenvalue weighted by atomic mass is 9.82. The minimum atomic E-state index is -3.50. The van der Waals surface area contributed by atoms with E-state index in [4.69, 9.17) is 0 Å². The van der Waals surface area contributed by atoms with Crippen LogP contribution in [0.1, 0.15) is 33.6 Å². The number of benzene rings is 1. The topological polar surface area (TPSA) is 43.9 Å². The van der Waals surface area contributed by atoms with Crippen LogP contribution in [-0.2, 0) is 10.0 Å². The Morgan fingerprint density at radius 3 is 2.39 bits per heavy atom. The summed E-state index contributed by atoms with van der Waals surface area (Å²) < 4.78 is 29.1. The molecule has 0 bridgehead atoms. The SMILES string of the molecule is CC1=CCN(S(=O)(=O)c2ccc(Br)cc2N2CCC(N3CC(C)(C)C3)CC2)C1. The Hall–Kier alpha value is -0.890. The van der Waals surface area contributed by atoms with Gasteiger partial charge in [-0.1, -0.05) is 41.4 Å². The van der Waals surface area contributed by atoms with Gasteiger partial charge in [0.15, 0.2) is 0 Å². The Morgan fingerprint density at radius 1 is 1.14 bits per heavy atom. The average Bonchev–Trinajstić information content (AvgIpc) is 3.07. The van der Waals surface area contributed by atoms with Gasteiger partial charge in [-0.15, -0.1) is 0 Å². The highest BCUT2D eigenvalue weighted by Gasteiger charge is 2.39. The summed E-state index contributed by atoms with van der Waals surface area (Å²) in [7, 11) is -3.50. The molecule has 0 amide bonds. The summed E-state index contributed by atoms with van der Waals surface area (Å²) in [6.45, 7) is 11.8. The first kappa shape index (κ1) is 20.4. The summed E-state index contributed by atoms with van der Waals surface area (Å²) in [5.74, 6) is 0. The van der Waals surface area contributed by atoms with E-state index in [-0.39, 0.29) is 0 Å². The van der Waals surface area contributed by atoms with Crippen LogP contribution in [-0.4, -0.2) is 62.9 Å². The zero-order valence-electron chi connectivity index (χ0n) is 17.0. The highest BCUT2D eigenvalue weighted by atomic mass is 79.9. The smallest absolute Gasteiger partial charge is 0.245 e. The molecule has 2 saturated heterocycles. The molecular weight excluding hydrogens is 438 g/mol. The van der Waals surface area contributed by atoms with Gasteiger partial charge in [-0.05, 0) is 43.4 Å². The second-order valence-electron chi connectivity index (χ2n) is 9.25. The highest BCUT2D eigenvalue weighted by molar-refractivity contribution is 9.10. The zero-order chi connectivity index (χ0) is 20.1. The van der Waals surface area contributed by atoms with Gasteiger partial charge in [-0.3, -0.25) is 4.90 Å². The first-order valence-electron chi connectivity index (χ1n) is 10.1. The van der Waals surface area contributed by atoms with Gasteiger partial charge in [-0.25, -0.2) is 8.42 Å². The predicted octanol–water partition coefficient (Wildman–Crippen LogP) is 3.71. The fourth-order valence-electron chi connectivity index (χ4n) is 4.73. The second kappa shape index (κ2) is 7.42. The fourth-order valence-corrected chi connectivity index (χ4v) is 6.69. The number of anilines is 1. The van der Waals surface area contributed by atoms with Crippen molar-refractivity contribution in [3.05, 3.63) is 34.3 Å². The van der Waals surface area contributed by atoms with E-state index < -0.39 is 10.0 Å². The molecule has 4 rings (SSSR count). The lowest BCUT2D eigenvalue weighted by molar-refractivity contribution is -0.0135. The summed E-state index contributed by atoms with van der Waals surface area (Å²) >= 11 is 3.54. The summed E-state index contributed by atoms with van der Waals surface area (Å²) in [6.07, 6.45) is 4.18. The van der Waals surface area contributed by atoms with Gasteiger partial charge in [0, 0.05) is 49.8 Å². The Bertz CT molecular complexity index is 881. The van der Waals surface area contributed by atoms with Crippen LogP contribution in [0.15, 0.2) is 39.2 Å². The first-order chi connectivity index (χ1) is 13.2. The molecule has 28 heavy (non-hydrogen) atoms. The zero-order valence-corrected chi connectivity index (χ0v) is 19.4. The van der Waals surface area contributed by atoms with E-state index in [1.165, 1.54) is 13.1 Å². The molecular formula is C21H30BrN3O2S. The Kier molecular flexibility index (Phi) is 5.40. The van der Waals surface area contributed by atoms with Crippen molar-refractivity contribution in [2.45, 2.75) is 44.6 Å². The van der Waals surface area contributed by atoms with Crippen molar-refractivity contribution in [3.63, 3.8) is 0 Å². The Balaban J connectivity index is 1.52. The van der Waals surface area contributed by atoms with Crippen LogP contribution in [0.2, 0.25) is 0 Å². The third-order valence-electron chi connectivity index (χ3n) is 6.19. The van der Waals surface area contributed by atoms with Crippen LogP contribution in [0.5, 0.6) is 0 Å². The number of halogens is 1. The van der Waals surface area contributed by atoms with Crippen LogP contribution in [0, 0.1) is 5.41 Å². The van der Waals surface area contributed by atoms with Gasteiger partial charge in [0.2, 0.25) is 10.0 Å². The van der Waals surface area contributed by atoms with Gasteiger partial charge < -0.3 is 4.90 Å². The third kappa shape index (κ3) is 3.91. The molecule has 2 fully saturated rings. The lowest BCUT2D eigenvalue weighted by Crippen LogP contribution is -2.59. The van der Waals surface area contributed by atoms with Crippen molar-refractivity contribution in [1.29, 1.82) is 0 Å². The summed E-state index contributed by atoms with van der Waals surface area (Å²) in [5.41, 5.74) is 2.40. The number of likely N-dealkylation sites (tertiary alicyclic amines) is 1. The van der Waals surface area contributed by atoms with Crippen LogP contribution in [0.25, 0.3) is 0 Å². The van der Waals surface area contributed by atoms with Gasteiger partial charge in [-0.2, -0.15) is 4.31 Å². The molecule has 3 heterocycles. The van der Waals surface area contributed by atoms with Crippen molar-refractivity contribution in [1.82, 2.24) is 9.21 Å². The van der Waals surface area contributed by atoms with Crippen molar-refractivity contribution < 1.29 is 8.42 Å². The lowest BCUT2D eigenvalue weighted by Gasteiger charge is -2.52. The van der Waals surface area contributed by atoms with E-state index in [1.807, 2.05) is 25.1 Å². The van der Waals surface area contributed by atoms with Crippen molar-refractivity contribution >= 4 is 31.6 Å². The molecule has 1 aromatic carbocycles. The van der Waals surface area contributed by atoms with Crippen molar-refractivity contribution in [3.8, 4) is 0 Å². The maximum absolute atomic E-state index is 13.3. The van der Waals surface area contributed by atoms with Crippen LogP contribution in [0.4, 0.5) is 5.69 Å². The average molecular weight is 468 g/mol. The van der Waals surface area contributed by atoms with E-state index in [0.29, 0.717) is 29.4 Å². The number of hydrogen-bond donors (Lipinski definition) is 0. The van der Waals surface area contributed by atoms with E-state index in [9.17, 15) is 8.42 Å². The number of piperidine rings is 1. The van der Waals surface area contributed by atoms with E-state index in [1.54, 1.807) is 10.4 Å². The molecule has 0 saturated carbocycles. The minimum absolute atomic E-state index is 0.433. The molecule has 3 aliphatic rings. The van der Waals surface area contributed by atoms with Crippen LogP contribution in [0.3, 0.4) is 0 Å². The number of sulfonamides is 1. The number of nitrogens with zero attached hydrogens (tertiary/aromatic N) is 3. The van der Waals surface area contributed by atoms with Gasteiger partial charge in [0.1, 0.15) is 4.90 Å². The molecule has 154 valence electrons. The van der Waals surface area contributed by atoms with Gasteiger partial charge in [0.05, 0.1) is 5.69 Å². The molecule has 0 N–H and O–H groups in total. The monoisotopic (exact) mass is 467 g/mol. The number of hydrogen-bond acceptors (Lipinski definition) is 4. The molecule has 1 aromatic rings. The molecule has 7 heteroatoms. The number of rotatable bonds is 4. The molecule has 0 unspecified atom stereocenters. The normalized spacial score (nSPS) is 24.3. The predicted molar refractivity (Wildman–Crippen MR) is 117 cm³/mol. The fraction of sp³-hybridized carbons (Fsp3) is 0.619. The van der Waals surface area contributed by atoms with Crippen LogP contribution < -0.4 is 4.90 Å². The first-order valence-corrected chi connectivity index (χ1v) is 12.3. The quantitative estimate of drug-likeness (QED) is 0.632. The Morgan fingerprint density at radius 2 is 1.82 bits per heavy atom. The maximum atomic E-state index is 13.3. The highest BCUT2D eigenvalue weighted by Crippen LogP contribution is 2.37. The minimum Gasteiger partial charge on any atom is -0.370 e. The third-order valence-corrected chi connectivity index (χ3v) is 8.54. The van der Waals surface area contributed by atoms with Gasteiger partial charge >= 0.3 is 0 Å². The molecule has 0 radical (unpaired) electrons. The standard InChI is InChI=1S/C21H30BrN3O2S/c1-16-6-11-25(13-16)28(26,27)20-5-4-17(22)12-19(20)23-9-7-18(8-10-23)24-14-21(2,3)15-24/h4-6,12,18H,7-11,13-15H2,1-3H3. The van der Waals surface area contributed by atoms with Crippen molar-refractivity contribution in [2.24, 2.45) is 5.41 Å². The van der Waals surface area contributed by atoms with Gasteiger partial charge in [0.25, 0.3) is 0 Å². The molecule has 5 nitrogen and oxygen atoms in total. The molecule has 0 aromatic heterocycles. The molecule has 0 aliphatic carbocycles. The van der Waals surface area contributed by atoms with E-state index in [0.717, 1.165) is 41.7 Å². The molecule has 0 spiro atoms.